The number of hydrogen-bond donors (Lipinski definition) is 1. The van der Waals surface area contributed by atoms with Gasteiger partial charge in [-0.3, -0.25) is 4.98 Å². The minimum absolute atomic E-state index is 0.0860. The lowest BCUT2D eigenvalue weighted by Gasteiger charge is -2.14. The number of rotatable bonds is 5. The van der Waals surface area contributed by atoms with Crippen molar-refractivity contribution < 1.29 is 0 Å². The second-order valence-corrected chi connectivity index (χ2v) is 6.05. The number of aryl methyl sites for hydroxylation is 1. The van der Waals surface area contributed by atoms with E-state index < -0.39 is 0 Å². The summed E-state index contributed by atoms with van der Waals surface area (Å²) >= 11 is 1.82. The summed E-state index contributed by atoms with van der Waals surface area (Å²) in [5.74, 6) is 0. The Hall–Kier alpha value is -1.71. The molecule has 3 heteroatoms. The lowest BCUT2D eigenvalue weighted by atomic mass is 9.97. The summed E-state index contributed by atoms with van der Waals surface area (Å²) in [6.45, 7) is 0. The van der Waals surface area contributed by atoms with Crippen LogP contribution in [0.3, 0.4) is 0 Å². The van der Waals surface area contributed by atoms with Crippen LogP contribution >= 0.6 is 11.3 Å². The van der Waals surface area contributed by atoms with Crippen LogP contribution in [-0.2, 0) is 6.42 Å². The summed E-state index contributed by atoms with van der Waals surface area (Å²) in [5.41, 5.74) is 7.59. The van der Waals surface area contributed by atoms with Gasteiger partial charge in [0, 0.05) is 28.7 Å². The molecule has 2 aromatic heterocycles. The van der Waals surface area contributed by atoms with Crippen molar-refractivity contribution in [2.24, 2.45) is 5.73 Å². The molecule has 0 amide bonds. The van der Waals surface area contributed by atoms with E-state index in [1.54, 1.807) is 0 Å². The van der Waals surface area contributed by atoms with Crippen molar-refractivity contribution in [1.82, 2.24) is 4.98 Å². The number of nitrogens with zero attached hydrogens (tertiary/aromatic N) is 1. The average molecular weight is 282 g/mol. The van der Waals surface area contributed by atoms with E-state index in [0.717, 1.165) is 19.3 Å². The largest absolute Gasteiger partial charge is 0.324 e. The molecule has 0 spiro atoms. The van der Waals surface area contributed by atoms with Crippen molar-refractivity contribution in [3.8, 4) is 0 Å². The monoisotopic (exact) mass is 282 g/mol. The molecule has 0 radical (unpaired) electrons. The number of nitrogens with two attached hydrogens (primary N) is 1. The number of aromatic nitrogens is 1. The first-order valence-electron chi connectivity index (χ1n) is 6.95. The molecule has 1 aromatic carbocycles. The van der Waals surface area contributed by atoms with E-state index in [4.69, 9.17) is 5.73 Å². The molecule has 0 bridgehead atoms. The zero-order valence-corrected chi connectivity index (χ0v) is 12.1. The third-order valence-corrected chi connectivity index (χ3v) is 4.57. The lowest BCUT2D eigenvalue weighted by Crippen LogP contribution is -2.11. The number of pyridine rings is 1. The van der Waals surface area contributed by atoms with E-state index in [2.05, 4.69) is 40.7 Å². The fourth-order valence-corrected chi connectivity index (χ4v) is 3.32. The van der Waals surface area contributed by atoms with Crippen molar-refractivity contribution in [1.29, 1.82) is 0 Å². The Balaban J connectivity index is 1.70. The Morgan fingerprint density at radius 2 is 2.10 bits per heavy atom. The van der Waals surface area contributed by atoms with Crippen LogP contribution in [0.2, 0.25) is 0 Å². The molecule has 0 fully saturated rings. The van der Waals surface area contributed by atoms with Crippen LogP contribution < -0.4 is 5.73 Å². The minimum Gasteiger partial charge on any atom is -0.324 e. The summed E-state index contributed by atoms with van der Waals surface area (Å²) in [6, 6.07) is 12.7. The summed E-state index contributed by atoms with van der Waals surface area (Å²) < 4.78 is 0. The molecular formula is C17H18N2S. The third-order valence-electron chi connectivity index (χ3n) is 3.64. The predicted molar refractivity (Wildman–Crippen MR) is 85.9 cm³/mol. The molecule has 0 saturated heterocycles. The van der Waals surface area contributed by atoms with Crippen LogP contribution in [0.25, 0.3) is 10.8 Å². The molecule has 20 heavy (non-hydrogen) atoms. The van der Waals surface area contributed by atoms with Gasteiger partial charge in [-0.1, -0.05) is 24.3 Å². The van der Waals surface area contributed by atoms with Crippen molar-refractivity contribution in [2.45, 2.75) is 25.3 Å². The Bertz CT molecular complexity index is 671. The van der Waals surface area contributed by atoms with Crippen LogP contribution in [0.1, 0.15) is 29.3 Å². The zero-order valence-electron chi connectivity index (χ0n) is 11.3. The molecule has 0 aliphatic heterocycles. The highest BCUT2D eigenvalue weighted by atomic mass is 32.1. The molecule has 2 heterocycles. The van der Waals surface area contributed by atoms with Gasteiger partial charge in [0.15, 0.2) is 0 Å². The Labute approximate surface area is 123 Å². The van der Waals surface area contributed by atoms with Gasteiger partial charge in [-0.2, -0.15) is 0 Å². The normalized spacial score (nSPS) is 12.7. The van der Waals surface area contributed by atoms with Crippen molar-refractivity contribution >= 4 is 22.1 Å². The Morgan fingerprint density at radius 3 is 2.95 bits per heavy atom. The van der Waals surface area contributed by atoms with Crippen molar-refractivity contribution in [3.05, 3.63) is 64.6 Å². The van der Waals surface area contributed by atoms with E-state index in [-0.39, 0.29) is 6.04 Å². The highest BCUT2D eigenvalue weighted by Crippen LogP contribution is 2.25. The molecule has 1 atom stereocenters. The highest BCUT2D eigenvalue weighted by Gasteiger charge is 2.09. The summed E-state index contributed by atoms with van der Waals surface area (Å²) in [6.07, 6.45) is 7.00. The van der Waals surface area contributed by atoms with Crippen LogP contribution in [0, 0.1) is 0 Å². The van der Waals surface area contributed by atoms with Crippen LogP contribution in [-0.4, -0.2) is 4.98 Å². The Morgan fingerprint density at radius 1 is 1.15 bits per heavy atom. The topological polar surface area (TPSA) is 38.9 Å². The van der Waals surface area contributed by atoms with Crippen LogP contribution in [0.5, 0.6) is 0 Å². The van der Waals surface area contributed by atoms with E-state index in [1.165, 1.54) is 21.2 Å². The maximum absolute atomic E-state index is 6.38. The first kappa shape index (κ1) is 13.3. The maximum Gasteiger partial charge on any atom is 0.0349 e. The van der Waals surface area contributed by atoms with Gasteiger partial charge in [0.25, 0.3) is 0 Å². The zero-order chi connectivity index (χ0) is 13.8. The number of benzene rings is 1. The SMILES string of the molecule is NC(CCCc1cccs1)c1cccc2ccncc12. The molecule has 0 saturated carbocycles. The predicted octanol–water partition coefficient (Wildman–Crippen LogP) is 4.32. The third kappa shape index (κ3) is 2.89. The van der Waals surface area contributed by atoms with Gasteiger partial charge in [0.05, 0.1) is 0 Å². The van der Waals surface area contributed by atoms with Gasteiger partial charge < -0.3 is 5.73 Å². The van der Waals surface area contributed by atoms with E-state index >= 15 is 0 Å². The van der Waals surface area contributed by atoms with Gasteiger partial charge in [-0.25, -0.2) is 0 Å². The summed E-state index contributed by atoms with van der Waals surface area (Å²) in [7, 11) is 0. The fourth-order valence-electron chi connectivity index (χ4n) is 2.57. The number of hydrogen-bond acceptors (Lipinski definition) is 3. The average Bonchev–Trinajstić information content (AvgIpc) is 3.00. The molecule has 1 unspecified atom stereocenters. The molecule has 102 valence electrons. The highest BCUT2D eigenvalue weighted by molar-refractivity contribution is 7.09. The van der Waals surface area contributed by atoms with E-state index in [1.807, 2.05) is 29.8 Å². The molecule has 3 aromatic rings. The van der Waals surface area contributed by atoms with Gasteiger partial charge in [-0.15, -0.1) is 11.3 Å². The van der Waals surface area contributed by atoms with E-state index in [9.17, 15) is 0 Å². The first-order chi connectivity index (χ1) is 9.84. The van der Waals surface area contributed by atoms with Crippen molar-refractivity contribution in [3.63, 3.8) is 0 Å². The minimum atomic E-state index is 0.0860. The first-order valence-corrected chi connectivity index (χ1v) is 7.83. The fraction of sp³-hybridized carbons (Fsp3) is 0.235. The number of thiophene rings is 1. The van der Waals surface area contributed by atoms with Crippen LogP contribution in [0.4, 0.5) is 0 Å². The lowest BCUT2D eigenvalue weighted by molar-refractivity contribution is 0.617. The second-order valence-electron chi connectivity index (χ2n) is 5.02. The molecule has 2 N–H and O–H groups in total. The second kappa shape index (κ2) is 6.16. The van der Waals surface area contributed by atoms with Gasteiger partial charge in [-0.05, 0) is 47.7 Å². The molecule has 3 rings (SSSR count). The smallest absolute Gasteiger partial charge is 0.0349 e. The standard InChI is InChI=1S/C17H18N2S/c18-17(8-2-5-14-6-3-11-20-14)15-7-1-4-13-9-10-19-12-16(13)15/h1,3-4,6-7,9-12,17H,2,5,8,18H2. The van der Waals surface area contributed by atoms with Gasteiger partial charge in [0.2, 0.25) is 0 Å². The van der Waals surface area contributed by atoms with E-state index in [0.29, 0.717) is 0 Å². The number of fused-ring (bicyclic) bond motifs is 1. The Kier molecular flexibility index (Phi) is 4.09. The molecule has 2 nitrogen and oxygen atoms in total. The van der Waals surface area contributed by atoms with Crippen LogP contribution in [0.15, 0.2) is 54.2 Å². The molecule has 0 aliphatic carbocycles. The summed E-state index contributed by atoms with van der Waals surface area (Å²) in [5, 5.41) is 4.52. The van der Waals surface area contributed by atoms with Crippen molar-refractivity contribution in [2.75, 3.05) is 0 Å². The maximum atomic E-state index is 6.38. The quantitative estimate of drug-likeness (QED) is 0.757. The van der Waals surface area contributed by atoms with Gasteiger partial charge >= 0.3 is 0 Å². The van der Waals surface area contributed by atoms with Gasteiger partial charge in [0.1, 0.15) is 0 Å². The summed E-state index contributed by atoms with van der Waals surface area (Å²) in [4.78, 5) is 5.66. The molecule has 0 aliphatic rings. The molecular weight excluding hydrogens is 264 g/mol.